The molecule has 0 aliphatic carbocycles. The van der Waals surface area contributed by atoms with Gasteiger partial charge >= 0.3 is 5.97 Å². The normalized spacial score (nSPS) is 12.4. The first-order chi connectivity index (χ1) is 15.2. The number of nitrogens with one attached hydrogen (secondary N) is 1. The van der Waals surface area contributed by atoms with Gasteiger partial charge in [-0.3, -0.25) is 14.1 Å². The van der Waals surface area contributed by atoms with E-state index < -0.39 is 22.1 Å². The predicted molar refractivity (Wildman–Crippen MR) is 125 cm³/mol. The van der Waals surface area contributed by atoms with Gasteiger partial charge in [0.15, 0.2) is 0 Å². The molecule has 1 atom stereocenters. The molecule has 0 aliphatic rings. The van der Waals surface area contributed by atoms with E-state index in [-0.39, 0.29) is 24.5 Å². The molecule has 9 heteroatoms. The quantitative estimate of drug-likeness (QED) is 0.110. The maximum absolute atomic E-state index is 11.8. The highest BCUT2D eigenvalue weighted by molar-refractivity contribution is 7.85. The van der Waals surface area contributed by atoms with Gasteiger partial charge in [-0.25, -0.2) is 0 Å². The number of carboxylic acids is 1. The second-order valence-electron chi connectivity index (χ2n) is 8.58. The molecule has 0 saturated heterocycles. The average molecular weight is 478 g/mol. The van der Waals surface area contributed by atoms with Crippen molar-refractivity contribution in [3.8, 4) is 0 Å². The van der Waals surface area contributed by atoms with Gasteiger partial charge in [-0.05, 0) is 19.3 Å². The number of amides is 1. The summed E-state index contributed by atoms with van der Waals surface area (Å²) in [6, 6.07) is -0.711. The zero-order valence-corrected chi connectivity index (χ0v) is 20.3. The Morgan fingerprint density at radius 1 is 0.719 bits per heavy atom. The van der Waals surface area contributed by atoms with Gasteiger partial charge in [0.1, 0.15) is 6.29 Å². The lowest BCUT2D eigenvalue weighted by atomic mass is 10.0. The van der Waals surface area contributed by atoms with E-state index in [1.54, 1.807) is 0 Å². The summed E-state index contributed by atoms with van der Waals surface area (Å²) in [6.07, 6.45) is 17.2. The lowest BCUT2D eigenvalue weighted by molar-refractivity contribution is -0.137. The third-order valence-electron chi connectivity index (χ3n) is 5.49. The molecule has 0 aromatic heterocycles. The Hall–Kier alpha value is -1.48. The fourth-order valence-corrected chi connectivity index (χ4v) is 4.17. The second kappa shape index (κ2) is 20.1. The minimum Gasteiger partial charge on any atom is -0.481 e. The monoisotopic (exact) mass is 477 g/mol. The van der Waals surface area contributed by atoms with Gasteiger partial charge in [-0.15, -0.1) is 0 Å². The van der Waals surface area contributed by atoms with Crippen LogP contribution in [-0.4, -0.2) is 48.0 Å². The largest absolute Gasteiger partial charge is 0.481 e. The van der Waals surface area contributed by atoms with Crippen LogP contribution in [0.1, 0.15) is 116 Å². The summed E-state index contributed by atoms with van der Waals surface area (Å²) in [5.41, 5.74) is 0. The van der Waals surface area contributed by atoms with Crippen LogP contribution in [0.5, 0.6) is 0 Å². The average Bonchev–Trinajstić information content (AvgIpc) is 2.72. The van der Waals surface area contributed by atoms with Crippen LogP contribution in [0, 0.1) is 0 Å². The Morgan fingerprint density at radius 3 is 1.50 bits per heavy atom. The van der Waals surface area contributed by atoms with Crippen molar-refractivity contribution in [1.82, 2.24) is 5.32 Å². The highest BCUT2D eigenvalue weighted by atomic mass is 32.2. The summed E-state index contributed by atoms with van der Waals surface area (Å²) < 4.78 is 29.8. The van der Waals surface area contributed by atoms with Crippen LogP contribution in [0.15, 0.2) is 0 Å². The van der Waals surface area contributed by atoms with Gasteiger partial charge in [-0.1, -0.05) is 83.5 Å². The summed E-state index contributed by atoms with van der Waals surface area (Å²) in [5.74, 6) is -1.29. The third-order valence-corrected chi connectivity index (χ3v) is 6.29. The predicted octanol–water partition coefficient (Wildman–Crippen LogP) is 4.66. The minimum absolute atomic E-state index is 0.125. The van der Waals surface area contributed by atoms with Gasteiger partial charge in [0.25, 0.3) is 10.1 Å². The standard InChI is InChI=1S/C23H43NO7S/c25-20-21(17-18-23(27)28)24-22(26)16-14-12-10-8-6-4-2-1-3-5-7-9-11-13-15-19-32(29,30)31/h20-21H,1-19H2,(H,24,26)(H,27,28)(H,29,30,31)/t21-/m0/s1. The molecule has 0 fully saturated rings. The molecule has 8 nitrogen and oxygen atoms in total. The molecule has 0 radical (unpaired) electrons. The van der Waals surface area contributed by atoms with Crippen LogP contribution in [0.2, 0.25) is 0 Å². The van der Waals surface area contributed by atoms with Crippen LogP contribution < -0.4 is 5.32 Å². The second-order valence-corrected chi connectivity index (χ2v) is 10.2. The zero-order valence-electron chi connectivity index (χ0n) is 19.4. The number of carbonyl (C=O) groups excluding carboxylic acids is 2. The Kier molecular flexibility index (Phi) is 19.2. The van der Waals surface area contributed by atoms with Gasteiger partial charge in [0.2, 0.25) is 5.91 Å². The molecule has 0 bridgehead atoms. The van der Waals surface area contributed by atoms with E-state index in [1.807, 2.05) is 0 Å². The van der Waals surface area contributed by atoms with Crippen LogP contribution in [0.4, 0.5) is 0 Å². The van der Waals surface area contributed by atoms with Crippen molar-refractivity contribution in [3.05, 3.63) is 0 Å². The van der Waals surface area contributed by atoms with Crippen molar-refractivity contribution in [1.29, 1.82) is 0 Å². The molecule has 0 unspecified atom stereocenters. The Balaban J connectivity index is 3.34. The van der Waals surface area contributed by atoms with Gasteiger partial charge in [-0.2, -0.15) is 8.42 Å². The van der Waals surface area contributed by atoms with Crippen LogP contribution >= 0.6 is 0 Å². The molecule has 188 valence electrons. The molecule has 0 aromatic rings. The molecule has 1 amide bonds. The van der Waals surface area contributed by atoms with Crippen molar-refractivity contribution in [2.45, 2.75) is 122 Å². The third kappa shape index (κ3) is 23.2. The van der Waals surface area contributed by atoms with E-state index >= 15 is 0 Å². The summed E-state index contributed by atoms with van der Waals surface area (Å²) >= 11 is 0. The maximum atomic E-state index is 11.8. The molecular formula is C23H43NO7S. The van der Waals surface area contributed by atoms with Crippen LogP contribution in [0.25, 0.3) is 0 Å². The maximum Gasteiger partial charge on any atom is 0.303 e. The van der Waals surface area contributed by atoms with Crippen molar-refractivity contribution in [2.75, 3.05) is 5.75 Å². The van der Waals surface area contributed by atoms with Gasteiger partial charge < -0.3 is 15.2 Å². The van der Waals surface area contributed by atoms with E-state index in [2.05, 4.69) is 5.32 Å². The Morgan fingerprint density at radius 2 is 1.12 bits per heavy atom. The number of carbonyl (C=O) groups is 3. The lowest BCUT2D eigenvalue weighted by Crippen LogP contribution is -2.36. The molecule has 0 aliphatic heterocycles. The van der Waals surface area contributed by atoms with E-state index in [0.29, 0.717) is 19.1 Å². The molecule has 0 aromatic carbocycles. The lowest BCUT2D eigenvalue weighted by Gasteiger charge is -2.11. The minimum atomic E-state index is -3.80. The highest BCUT2D eigenvalue weighted by Gasteiger charge is 2.12. The molecule has 0 heterocycles. The summed E-state index contributed by atoms with van der Waals surface area (Å²) in [4.78, 5) is 33.2. The SMILES string of the molecule is O=C[C@H](CCC(=O)O)NC(=O)CCCCCCCCCCCCCCCCCS(=O)(=O)O. The number of hydrogen-bond donors (Lipinski definition) is 3. The molecule has 0 saturated carbocycles. The summed E-state index contributed by atoms with van der Waals surface area (Å²) in [6.45, 7) is 0. The fourth-order valence-electron chi connectivity index (χ4n) is 3.60. The molecular weight excluding hydrogens is 434 g/mol. The van der Waals surface area contributed by atoms with E-state index in [1.165, 1.54) is 51.4 Å². The van der Waals surface area contributed by atoms with Gasteiger partial charge in [0.05, 0.1) is 11.8 Å². The first-order valence-electron chi connectivity index (χ1n) is 12.2. The van der Waals surface area contributed by atoms with E-state index in [0.717, 1.165) is 38.5 Å². The van der Waals surface area contributed by atoms with Crippen molar-refractivity contribution in [3.63, 3.8) is 0 Å². The summed E-state index contributed by atoms with van der Waals surface area (Å²) in [5, 5.41) is 11.2. The first kappa shape index (κ1) is 30.5. The van der Waals surface area contributed by atoms with E-state index in [4.69, 9.17) is 9.66 Å². The summed E-state index contributed by atoms with van der Waals surface area (Å²) in [7, 11) is -3.80. The molecule has 0 rings (SSSR count). The van der Waals surface area contributed by atoms with Crippen LogP contribution in [0.3, 0.4) is 0 Å². The first-order valence-corrected chi connectivity index (χ1v) is 13.8. The number of rotatable bonds is 23. The Bertz CT molecular complexity index is 607. The highest BCUT2D eigenvalue weighted by Crippen LogP contribution is 2.14. The van der Waals surface area contributed by atoms with Crippen molar-refractivity contribution < 1.29 is 32.5 Å². The van der Waals surface area contributed by atoms with Crippen molar-refractivity contribution in [2.24, 2.45) is 0 Å². The molecule has 0 spiro atoms. The zero-order chi connectivity index (χ0) is 24.1. The number of aldehydes is 1. The van der Waals surface area contributed by atoms with E-state index in [9.17, 15) is 22.8 Å². The number of unbranched alkanes of at least 4 members (excludes halogenated alkanes) is 14. The molecule has 32 heavy (non-hydrogen) atoms. The number of aliphatic carboxylic acids is 1. The number of carboxylic acid groups (broad SMARTS) is 1. The topological polar surface area (TPSA) is 138 Å². The smallest absolute Gasteiger partial charge is 0.303 e. The molecule has 3 N–H and O–H groups in total. The number of hydrogen-bond acceptors (Lipinski definition) is 5. The van der Waals surface area contributed by atoms with Crippen LogP contribution in [-0.2, 0) is 24.5 Å². The Labute approximate surface area is 193 Å². The van der Waals surface area contributed by atoms with Gasteiger partial charge in [0, 0.05) is 12.8 Å². The van der Waals surface area contributed by atoms with Crippen molar-refractivity contribution >= 4 is 28.3 Å². The fraction of sp³-hybridized carbons (Fsp3) is 0.870.